The second-order valence-electron chi connectivity index (χ2n) is 4.29. The number of aromatic nitrogens is 3. The molecule has 0 aliphatic rings. The molecule has 2 N–H and O–H groups in total. The van der Waals surface area contributed by atoms with Crippen LogP contribution in [0.5, 0.6) is 0 Å². The summed E-state index contributed by atoms with van der Waals surface area (Å²) in [6, 6.07) is 3.46. The largest absolute Gasteiger partial charge is 0.334 e. The highest BCUT2D eigenvalue weighted by molar-refractivity contribution is 5.50. The Morgan fingerprint density at radius 3 is 2.79 bits per heavy atom. The van der Waals surface area contributed by atoms with Crippen molar-refractivity contribution in [3.63, 3.8) is 0 Å². The van der Waals surface area contributed by atoms with E-state index in [9.17, 15) is 0 Å². The quantitative estimate of drug-likeness (QED) is 0.848. The number of hydrogen-bond donors (Lipinski definition) is 1. The van der Waals surface area contributed by atoms with Gasteiger partial charge in [-0.2, -0.15) is 4.98 Å². The molecular weight excluding hydrogens is 242 g/mol. The Morgan fingerprint density at radius 2 is 2.16 bits per heavy atom. The first kappa shape index (κ1) is 13.6. The molecule has 0 aliphatic heterocycles. The molecule has 19 heavy (non-hydrogen) atoms. The van der Waals surface area contributed by atoms with Crippen LogP contribution in [-0.2, 0) is 0 Å². The van der Waals surface area contributed by atoms with E-state index >= 15 is 0 Å². The van der Waals surface area contributed by atoms with Gasteiger partial charge in [0.05, 0.1) is 11.6 Å². The van der Waals surface area contributed by atoms with Crippen molar-refractivity contribution >= 4 is 0 Å². The van der Waals surface area contributed by atoms with Crippen molar-refractivity contribution in [3.05, 3.63) is 30.4 Å². The normalized spacial score (nSPS) is 12.8. The number of rotatable bonds is 6. The topological polar surface area (TPSA) is 81.1 Å². The lowest BCUT2D eigenvalue weighted by molar-refractivity contribution is 0.278. The molecule has 0 aromatic carbocycles. The van der Waals surface area contributed by atoms with E-state index < -0.39 is 0 Å². The molecule has 1 atom stereocenters. The van der Waals surface area contributed by atoms with Crippen LogP contribution >= 0.6 is 0 Å². The molecule has 0 radical (unpaired) electrons. The van der Waals surface area contributed by atoms with E-state index in [0.717, 1.165) is 25.2 Å². The fourth-order valence-corrected chi connectivity index (χ4v) is 1.83. The van der Waals surface area contributed by atoms with Crippen molar-refractivity contribution < 1.29 is 4.52 Å². The van der Waals surface area contributed by atoms with Crippen LogP contribution in [0.25, 0.3) is 11.5 Å². The third-order valence-corrected chi connectivity index (χ3v) is 3.03. The lowest BCUT2D eigenvalue weighted by Crippen LogP contribution is -2.32. The van der Waals surface area contributed by atoms with Gasteiger partial charge in [-0.3, -0.25) is 4.98 Å². The second-order valence-corrected chi connectivity index (χ2v) is 4.29. The van der Waals surface area contributed by atoms with E-state index in [0.29, 0.717) is 11.7 Å². The fraction of sp³-hybridized carbons (Fsp3) is 0.462. The molecule has 102 valence electrons. The summed E-state index contributed by atoms with van der Waals surface area (Å²) in [5, 5.41) is 3.95. The second kappa shape index (κ2) is 6.40. The van der Waals surface area contributed by atoms with Crippen LogP contribution in [-0.4, -0.2) is 39.7 Å². The fourth-order valence-electron chi connectivity index (χ4n) is 1.83. The van der Waals surface area contributed by atoms with Gasteiger partial charge in [0.25, 0.3) is 5.89 Å². The van der Waals surface area contributed by atoms with Crippen LogP contribution in [0.1, 0.15) is 25.7 Å². The minimum absolute atomic E-state index is 0.242. The lowest BCUT2D eigenvalue weighted by atomic mass is 10.2. The van der Waals surface area contributed by atoms with Crippen LogP contribution in [0.3, 0.4) is 0 Å². The van der Waals surface area contributed by atoms with Crippen molar-refractivity contribution in [2.45, 2.75) is 19.9 Å². The molecule has 2 aromatic heterocycles. The number of pyridine rings is 1. The molecular formula is C13H19N5O. The molecule has 0 saturated heterocycles. The number of nitrogens with two attached hydrogens (primary N) is 1. The SMILES string of the molecule is CCN(CC)CC(N)c1noc(-c2cccnc2)n1. The first-order valence-electron chi connectivity index (χ1n) is 6.46. The summed E-state index contributed by atoms with van der Waals surface area (Å²) in [6.07, 6.45) is 3.39. The molecule has 0 amide bonds. The standard InChI is InChI=1S/C13H19N5O/c1-3-18(4-2)9-11(14)12-16-13(19-17-12)10-6-5-7-15-8-10/h5-8,11H,3-4,9,14H2,1-2H3. The van der Waals surface area contributed by atoms with Crippen molar-refractivity contribution in [3.8, 4) is 11.5 Å². The van der Waals surface area contributed by atoms with Gasteiger partial charge in [0, 0.05) is 18.9 Å². The van der Waals surface area contributed by atoms with E-state index in [-0.39, 0.29) is 6.04 Å². The highest BCUT2D eigenvalue weighted by Gasteiger charge is 2.17. The zero-order chi connectivity index (χ0) is 13.7. The van der Waals surface area contributed by atoms with Gasteiger partial charge in [0.1, 0.15) is 0 Å². The van der Waals surface area contributed by atoms with E-state index in [1.165, 1.54) is 0 Å². The van der Waals surface area contributed by atoms with Crippen LogP contribution in [0, 0.1) is 0 Å². The first-order valence-corrected chi connectivity index (χ1v) is 6.46. The molecule has 6 heteroatoms. The van der Waals surface area contributed by atoms with Gasteiger partial charge in [0.2, 0.25) is 0 Å². The Balaban J connectivity index is 2.08. The average molecular weight is 261 g/mol. The molecule has 2 aromatic rings. The van der Waals surface area contributed by atoms with E-state index in [4.69, 9.17) is 10.3 Å². The Labute approximate surface area is 112 Å². The maximum Gasteiger partial charge on any atom is 0.259 e. The third-order valence-electron chi connectivity index (χ3n) is 3.03. The molecule has 0 aliphatic carbocycles. The van der Waals surface area contributed by atoms with Crippen LogP contribution in [0.2, 0.25) is 0 Å². The summed E-state index contributed by atoms with van der Waals surface area (Å²) in [4.78, 5) is 10.6. The molecule has 0 spiro atoms. The smallest absolute Gasteiger partial charge is 0.259 e. The van der Waals surface area contributed by atoms with Gasteiger partial charge >= 0.3 is 0 Å². The highest BCUT2D eigenvalue weighted by Crippen LogP contribution is 2.17. The minimum atomic E-state index is -0.242. The van der Waals surface area contributed by atoms with E-state index in [1.807, 2.05) is 12.1 Å². The zero-order valence-electron chi connectivity index (χ0n) is 11.3. The van der Waals surface area contributed by atoms with Gasteiger partial charge in [-0.25, -0.2) is 0 Å². The third kappa shape index (κ3) is 3.36. The predicted octanol–water partition coefficient (Wildman–Crippen LogP) is 1.47. The Hall–Kier alpha value is -1.79. The molecule has 0 bridgehead atoms. The Bertz CT molecular complexity index is 495. The summed E-state index contributed by atoms with van der Waals surface area (Å²) >= 11 is 0. The Morgan fingerprint density at radius 1 is 1.37 bits per heavy atom. The van der Waals surface area contributed by atoms with E-state index in [1.54, 1.807) is 12.4 Å². The number of hydrogen-bond acceptors (Lipinski definition) is 6. The van der Waals surface area contributed by atoms with Gasteiger partial charge < -0.3 is 15.2 Å². The number of likely N-dealkylation sites (N-methyl/N-ethyl adjacent to an activating group) is 1. The molecule has 2 heterocycles. The van der Waals surface area contributed by atoms with Crippen LogP contribution in [0.15, 0.2) is 29.0 Å². The molecule has 6 nitrogen and oxygen atoms in total. The maximum absolute atomic E-state index is 6.10. The average Bonchev–Trinajstić information content (AvgIpc) is 2.95. The zero-order valence-corrected chi connectivity index (χ0v) is 11.3. The van der Waals surface area contributed by atoms with Gasteiger partial charge in [0.15, 0.2) is 5.82 Å². The van der Waals surface area contributed by atoms with Crippen molar-refractivity contribution in [1.82, 2.24) is 20.0 Å². The van der Waals surface area contributed by atoms with Crippen molar-refractivity contribution in [2.24, 2.45) is 5.73 Å². The van der Waals surface area contributed by atoms with Crippen molar-refractivity contribution in [1.29, 1.82) is 0 Å². The number of nitrogens with zero attached hydrogens (tertiary/aromatic N) is 4. The summed E-state index contributed by atoms with van der Waals surface area (Å²) in [7, 11) is 0. The Kier molecular flexibility index (Phi) is 4.59. The van der Waals surface area contributed by atoms with Crippen molar-refractivity contribution in [2.75, 3.05) is 19.6 Å². The van der Waals surface area contributed by atoms with Crippen LogP contribution in [0.4, 0.5) is 0 Å². The summed E-state index contributed by atoms with van der Waals surface area (Å²) in [6.45, 7) is 6.84. The molecule has 2 rings (SSSR count). The summed E-state index contributed by atoms with van der Waals surface area (Å²) in [5.41, 5.74) is 6.90. The van der Waals surface area contributed by atoms with Gasteiger partial charge in [-0.15, -0.1) is 0 Å². The minimum Gasteiger partial charge on any atom is -0.334 e. The molecule has 1 unspecified atom stereocenters. The van der Waals surface area contributed by atoms with E-state index in [2.05, 4.69) is 33.9 Å². The maximum atomic E-state index is 6.10. The summed E-state index contributed by atoms with van der Waals surface area (Å²) < 4.78 is 5.22. The van der Waals surface area contributed by atoms with Gasteiger partial charge in [-0.05, 0) is 25.2 Å². The predicted molar refractivity (Wildman–Crippen MR) is 72.2 cm³/mol. The highest BCUT2D eigenvalue weighted by atomic mass is 16.5. The first-order chi connectivity index (χ1) is 9.24. The monoisotopic (exact) mass is 261 g/mol. The summed E-state index contributed by atoms with van der Waals surface area (Å²) in [5.74, 6) is 0.990. The van der Waals surface area contributed by atoms with Crippen LogP contribution < -0.4 is 5.73 Å². The molecule has 0 fully saturated rings. The van der Waals surface area contributed by atoms with Gasteiger partial charge in [-0.1, -0.05) is 19.0 Å². The molecule has 0 saturated carbocycles. The lowest BCUT2D eigenvalue weighted by Gasteiger charge is -2.20.